The highest BCUT2D eigenvalue weighted by Gasteiger charge is 2.02. The van der Waals surface area contributed by atoms with E-state index in [1.165, 1.54) is 4.88 Å². The molecule has 0 aliphatic carbocycles. The van der Waals surface area contributed by atoms with Crippen molar-refractivity contribution in [1.29, 1.82) is 0 Å². The first-order chi connectivity index (χ1) is 8.34. The zero-order valence-corrected chi connectivity index (χ0v) is 10.3. The lowest BCUT2D eigenvalue weighted by Crippen LogP contribution is -2.26. The molecule has 2 aromatic rings. The molecular formula is C12H15N3OS. The molecule has 17 heavy (non-hydrogen) atoms. The van der Waals surface area contributed by atoms with Gasteiger partial charge in [-0.2, -0.15) is 0 Å². The number of carbonyl (C=O) groups excluding carboxylic acids is 1. The Morgan fingerprint density at radius 1 is 1.47 bits per heavy atom. The molecule has 2 rings (SSSR count). The third-order valence-corrected chi connectivity index (χ3v) is 3.35. The molecule has 0 atom stereocenters. The molecule has 0 saturated carbocycles. The number of aromatic amines is 1. The number of thiophene rings is 1. The molecule has 0 spiro atoms. The molecule has 0 aliphatic heterocycles. The van der Waals surface area contributed by atoms with E-state index in [1.807, 2.05) is 11.4 Å². The van der Waals surface area contributed by atoms with Gasteiger partial charge in [-0.15, -0.1) is 11.3 Å². The fourth-order valence-corrected chi connectivity index (χ4v) is 2.24. The van der Waals surface area contributed by atoms with E-state index in [0.29, 0.717) is 13.0 Å². The second-order valence-electron chi connectivity index (χ2n) is 3.72. The summed E-state index contributed by atoms with van der Waals surface area (Å²) in [7, 11) is 0. The van der Waals surface area contributed by atoms with Crippen molar-refractivity contribution in [3.8, 4) is 0 Å². The number of carbonyl (C=O) groups is 1. The monoisotopic (exact) mass is 249 g/mol. The van der Waals surface area contributed by atoms with E-state index in [4.69, 9.17) is 0 Å². The first kappa shape index (κ1) is 11.9. The Kier molecular flexibility index (Phi) is 4.32. The summed E-state index contributed by atoms with van der Waals surface area (Å²) in [5, 5.41) is 4.92. The van der Waals surface area contributed by atoms with Gasteiger partial charge in [0.1, 0.15) is 5.82 Å². The smallest absolute Gasteiger partial charge is 0.220 e. The number of imidazole rings is 1. The van der Waals surface area contributed by atoms with Crippen LogP contribution in [0.4, 0.5) is 0 Å². The van der Waals surface area contributed by atoms with Crippen LogP contribution < -0.4 is 5.32 Å². The van der Waals surface area contributed by atoms with Gasteiger partial charge in [0.25, 0.3) is 0 Å². The minimum Gasteiger partial charge on any atom is -0.356 e. The van der Waals surface area contributed by atoms with Gasteiger partial charge in [-0.25, -0.2) is 4.98 Å². The van der Waals surface area contributed by atoms with Crippen LogP contribution in [0.3, 0.4) is 0 Å². The van der Waals surface area contributed by atoms with E-state index in [9.17, 15) is 4.79 Å². The zero-order valence-electron chi connectivity index (χ0n) is 9.48. The minimum absolute atomic E-state index is 0.102. The van der Waals surface area contributed by atoms with Crippen molar-refractivity contribution in [3.63, 3.8) is 0 Å². The Morgan fingerprint density at radius 2 is 2.41 bits per heavy atom. The summed E-state index contributed by atoms with van der Waals surface area (Å²) in [6, 6.07) is 4.07. The highest BCUT2D eigenvalue weighted by atomic mass is 32.1. The van der Waals surface area contributed by atoms with Gasteiger partial charge in [0.2, 0.25) is 5.91 Å². The van der Waals surface area contributed by atoms with Crippen LogP contribution in [0.15, 0.2) is 29.9 Å². The van der Waals surface area contributed by atoms with Crippen molar-refractivity contribution < 1.29 is 4.79 Å². The molecule has 0 saturated heterocycles. The molecule has 0 unspecified atom stereocenters. The fourth-order valence-electron chi connectivity index (χ4n) is 1.53. The van der Waals surface area contributed by atoms with Crippen molar-refractivity contribution in [3.05, 3.63) is 40.6 Å². The average Bonchev–Trinajstić information content (AvgIpc) is 2.99. The first-order valence-electron chi connectivity index (χ1n) is 5.62. The summed E-state index contributed by atoms with van der Waals surface area (Å²) < 4.78 is 0. The maximum absolute atomic E-state index is 11.5. The number of aromatic nitrogens is 2. The largest absolute Gasteiger partial charge is 0.356 e. The lowest BCUT2D eigenvalue weighted by molar-refractivity contribution is -0.121. The summed E-state index contributed by atoms with van der Waals surface area (Å²) in [6.45, 7) is 0.636. The van der Waals surface area contributed by atoms with Gasteiger partial charge in [-0.1, -0.05) is 6.07 Å². The summed E-state index contributed by atoms with van der Waals surface area (Å²) in [6.07, 6.45) is 5.63. The number of aryl methyl sites for hydroxylation is 1. The average molecular weight is 249 g/mol. The number of H-pyrrole nitrogens is 1. The summed E-state index contributed by atoms with van der Waals surface area (Å²) >= 11 is 1.69. The van der Waals surface area contributed by atoms with Gasteiger partial charge in [-0.3, -0.25) is 4.79 Å². The van der Waals surface area contributed by atoms with E-state index in [2.05, 4.69) is 21.4 Å². The van der Waals surface area contributed by atoms with E-state index in [-0.39, 0.29) is 5.91 Å². The highest BCUT2D eigenvalue weighted by molar-refractivity contribution is 7.09. The van der Waals surface area contributed by atoms with E-state index in [0.717, 1.165) is 18.7 Å². The molecule has 4 nitrogen and oxygen atoms in total. The topological polar surface area (TPSA) is 57.8 Å². The number of nitrogens with one attached hydrogen (secondary N) is 2. The molecule has 0 fully saturated rings. The van der Waals surface area contributed by atoms with Crippen LogP contribution in [-0.4, -0.2) is 22.4 Å². The Hall–Kier alpha value is -1.62. The first-order valence-corrected chi connectivity index (χ1v) is 6.50. The molecule has 0 bridgehead atoms. The van der Waals surface area contributed by atoms with Crippen LogP contribution in [-0.2, 0) is 17.6 Å². The lowest BCUT2D eigenvalue weighted by Gasteiger charge is -2.03. The Balaban J connectivity index is 1.61. The summed E-state index contributed by atoms with van der Waals surface area (Å²) in [5.74, 6) is 1.01. The van der Waals surface area contributed by atoms with Gasteiger partial charge in [0, 0.05) is 36.7 Å². The molecule has 0 radical (unpaired) electrons. The second-order valence-corrected chi connectivity index (χ2v) is 4.75. The van der Waals surface area contributed by atoms with Crippen molar-refractivity contribution in [2.45, 2.75) is 19.3 Å². The van der Waals surface area contributed by atoms with Crippen molar-refractivity contribution in [1.82, 2.24) is 15.3 Å². The third kappa shape index (κ3) is 4.03. The van der Waals surface area contributed by atoms with Crippen LogP contribution in [0.5, 0.6) is 0 Å². The van der Waals surface area contributed by atoms with Crippen LogP contribution in [0, 0.1) is 0 Å². The van der Waals surface area contributed by atoms with Crippen molar-refractivity contribution in [2.75, 3.05) is 6.54 Å². The normalized spacial score (nSPS) is 10.4. The number of nitrogens with zero attached hydrogens (tertiary/aromatic N) is 1. The molecular weight excluding hydrogens is 234 g/mol. The van der Waals surface area contributed by atoms with Crippen LogP contribution in [0.2, 0.25) is 0 Å². The van der Waals surface area contributed by atoms with Gasteiger partial charge < -0.3 is 10.3 Å². The predicted molar refractivity (Wildman–Crippen MR) is 67.9 cm³/mol. The van der Waals surface area contributed by atoms with E-state index >= 15 is 0 Å². The van der Waals surface area contributed by atoms with Gasteiger partial charge >= 0.3 is 0 Å². The predicted octanol–water partition coefficient (Wildman–Crippen LogP) is 1.76. The molecule has 0 aromatic carbocycles. The molecule has 0 aliphatic rings. The summed E-state index contributed by atoms with van der Waals surface area (Å²) in [5.41, 5.74) is 0. The van der Waals surface area contributed by atoms with Gasteiger partial charge in [-0.05, 0) is 17.9 Å². The SMILES string of the molecule is O=C(CCc1cccs1)NCCc1ncc[nH]1. The maximum Gasteiger partial charge on any atom is 0.220 e. The number of hydrogen-bond donors (Lipinski definition) is 2. The molecule has 5 heteroatoms. The van der Waals surface area contributed by atoms with E-state index < -0.39 is 0 Å². The lowest BCUT2D eigenvalue weighted by atomic mass is 10.2. The standard InChI is InChI=1S/C12H15N3OS/c16-12(4-3-10-2-1-9-17-10)15-6-5-11-13-7-8-14-11/h1-2,7-9H,3-6H2,(H,13,14)(H,15,16). The van der Waals surface area contributed by atoms with Gasteiger partial charge in [0.05, 0.1) is 0 Å². The zero-order chi connectivity index (χ0) is 11.9. The van der Waals surface area contributed by atoms with Crippen molar-refractivity contribution in [2.24, 2.45) is 0 Å². The second kappa shape index (κ2) is 6.20. The quantitative estimate of drug-likeness (QED) is 0.819. The number of hydrogen-bond acceptors (Lipinski definition) is 3. The Bertz CT molecular complexity index is 436. The fraction of sp³-hybridized carbons (Fsp3) is 0.333. The van der Waals surface area contributed by atoms with Crippen molar-refractivity contribution >= 4 is 17.2 Å². The number of amides is 1. The molecule has 1 amide bonds. The summed E-state index contributed by atoms with van der Waals surface area (Å²) in [4.78, 5) is 19.9. The minimum atomic E-state index is 0.102. The molecule has 2 aromatic heterocycles. The van der Waals surface area contributed by atoms with Crippen LogP contribution >= 0.6 is 11.3 Å². The Morgan fingerprint density at radius 3 is 3.12 bits per heavy atom. The highest BCUT2D eigenvalue weighted by Crippen LogP contribution is 2.10. The molecule has 90 valence electrons. The van der Waals surface area contributed by atoms with Gasteiger partial charge in [0.15, 0.2) is 0 Å². The van der Waals surface area contributed by atoms with Crippen LogP contribution in [0.1, 0.15) is 17.1 Å². The number of rotatable bonds is 6. The third-order valence-electron chi connectivity index (χ3n) is 2.42. The Labute approximate surface area is 104 Å². The molecule has 2 N–H and O–H groups in total. The molecule has 2 heterocycles. The van der Waals surface area contributed by atoms with E-state index in [1.54, 1.807) is 23.7 Å². The van der Waals surface area contributed by atoms with Crippen LogP contribution in [0.25, 0.3) is 0 Å². The maximum atomic E-state index is 11.5.